The molecule has 0 unspecified atom stereocenters. The zero-order valence-corrected chi connectivity index (χ0v) is 8.92. The van der Waals surface area contributed by atoms with E-state index >= 15 is 0 Å². The molecule has 0 radical (unpaired) electrons. The summed E-state index contributed by atoms with van der Waals surface area (Å²) in [5, 5.41) is 11.8. The first-order valence-corrected chi connectivity index (χ1v) is 4.97. The molecular formula is C12H11N3O2. The van der Waals surface area contributed by atoms with Gasteiger partial charge in [0.2, 0.25) is 0 Å². The first kappa shape index (κ1) is 10.9. The van der Waals surface area contributed by atoms with Crippen molar-refractivity contribution in [1.29, 1.82) is 0 Å². The van der Waals surface area contributed by atoms with E-state index in [2.05, 4.69) is 10.3 Å². The third-order valence-electron chi connectivity index (χ3n) is 2.14. The number of nitrogens with two attached hydrogens (primary N) is 1. The minimum absolute atomic E-state index is 0.0444. The van der Waals surface area contributed by atoms with Gasteiger partial charge in [-0.3, -0.25) is 4.79 Å². The van der Waals surface area contributed by atoms with Gasteiger partial charge in [0.1, 0.15) is 11.6 Å². The molecule has 86 valence electrons. The van der Waals surface area contributed by atoms with E-state index in [0.717, 1.165) is 0 Å². The van der Waals surface area contributed by atoms with Gasteiger partial charge in [0, 0.05) is 5.56 Å². The lowest BCUT2D eigenvalue weighted by molar-refractivity contribution is 0.102. The zero-order chi connectivity index (χ0) is 12.3. The van der Waals surface area contributed by atoms with Gasteiger partial charge in [-0.1, -0.05) is 6.07 Å². The number of hydrogen-bond acceptors (Lipinski definition) is 4. The summed E-state index contributed by atoms with van der Waals surface area (Å²) < 4.78 is 0. The van der Waals surface area contributed by atoms with Crippen molar-refractivity contribution >= 4 is 17.4 Å². The number of aromatic nitrogens is 1. The number of anilines is 2. The van der Waals surface area contributed by atoms with Crippen molar-refractivity contribution in [1.82, 2.24) is 4.98 Å². The van der Waals surface area contributed by atoms with Crippen LogP contribution in [0.5, 0.6) is 5.75 Å². The Bertz CT molecular complexity index is 538. The Balaban J connectivity index is 2.14. The number of hydrogen-bond donors (Lipinski definition) is 3. The highest BCUT2D eigenvalue weighted by Crippen LogP contribution is 2.13. The lowest BCUT2D eigenvalue weighted by atomic mass is 10.2. The maximum atomic E-state index is 11.8. The van der Waals surface area contributed by atoms with Crippen molar-refractivity contribution in [3.63, 3.8) is 0 Å². The number of amides is 1. The second-order valence-corrected chi connectivity index (χ2v) is 3.48. The number of nitrogen functional groups attached to an aromatic ring is 1. The molecule has 0 bridgehead atoms. The van der Waals surface area contributed by atoms with Gasteiger partial charge in [0.15, 0.2) is 0 Å². The van der Waals surface area contributed by atoms with Crippen molar-refractivity contribution in [2.45, 2.75) is 0 Å². The summed E-state index contributed by atoms with van der Waals surface area (Å²) in [6, 6.07) is 9.33. The quantitative estimate of drug-likeness (QED) is 0.730. The van der Waals surface area contributed by atoms with Gasteiger partial charge in [0.25, 0.3) is 5.91 Å². The molecule has 0 aliphatic rings. The molecule has 5 heteroatoms. The average Bonchev–Trinajstić information content (AvgIpc) is 2.32. The SMILES string of the molecule is Nc1ccc(NC(=O)c2cccc(O)c2)nc1. The van der Waals surface area contributed by atoms with E-state index in [-0.39, 0.29) is 11.7 Å². The molecule has 1 heterocycles. The summed E-state index contributed by atoms with van der Waals surface area (Å²) in [7, 11) is 0. The Morgan fingerprint density at radius 1 is 1.29 bits per heavy atom. The van der Waals surface area contributed by atoms with Crippen LogP contribution in [-0.2, 0) is 0 Å². The second-order valence-electron chi connectivity index (χ2n) is 3.48. The summed E-state index contributed by atoms with van der Waals surface area (Å²) in [5.41, 5.74) is 6.37. The van der Waals surface area contributed by atoms with Crippen LogP contribution in [0.15, 0.2) is 42.6 Å². The number of phenols is 1. The van der Waals surface area contributed by atoms with Gasteiger partial charge in [0.05, 0.1) is 11.9 Å². The van der Waals surface area contributed by atoms with Crippen LogP contribution < -0.4 is 11.1 Å². The van der Waals surface area contributed by atoms with Gasteiger partial charge >= 0.3 is 0 Å². The van der Waals surface area contributed by atoms with Crippen molar-refractivity contribution in [3.05, 3.63) is 48.2 Å². The number of carbonyl (C=O) groups excluding carboxylic acids is 1. The van der Waals surface area contributed by atoms with Crippen LogP contribution in [0.2, 0.25) is 0 Å². The highest BCUT2D eigenvalue weighted by atomic mass is 16.3. The smallest absolute Gasteiger partial charge is 0.256 e. The lowest BCUT2D eigenvalue weighted by Gasteiger charge is -2.04. The molecule has 2 aromatic rings. The molecule has 0 saturated carbocycles. The third kappa shape index (κ3) is 2.72. The fourth-order valence-corrected chi connectivity index (χ4v) is 1.31. The molecule has 1 amide bonds. The van der Waals surface area contributed by atoms with Crippen molar-refractivity contribution < 1.29 is 9.90 Å². The largest absolute Gasteiger partial charge is 0.508 e. The maximum absolute atomic E-state index is 11.8. The molecule has 2 rings (SSSR count). The summed E-state index contributed by atoms with van der Waals surface area (Å²) in [4.78, 5) is 15.7. The first-order valence-electron chi connectivity index (χ1n) is 4.97. The van der Waals surface area contributed by atoms with Gasteiger partial charge < -0.3 is 16.2 Å². The third-order valence-corrected chi connectivity index (χ3v) is 2.14. The lowest BCUT2D eigenvalue weighted by Crippen LogP contribution is -2.12. The maximum Gasteiger partial charge on any atom is 0.256 e. The topological polar surface area (TPSA) is 88.2 Å². The van der Waals surface area contributed by atoms with E-state index in [4.69, 9.17) is 5.73 Å². The molecule has 0 aliphatic heterocycles. The zero-order valence-electron chi connectivity index (χ0n) is 8.92. The predicted molar refractivity (Wildman–Crippen MR) is 64.7 cm³/mol. The van der Waals surface area contributed by atoms with E-state index in [9.17, 15) is 9.90 Å². The number of phenolic OH excluding ortho intramolecular Hbond substituents is 1. The van der Waals surface area contributed by atoms with Crippen LogP contribution in [0.3, 0.4) is 0 Å². The number of carbonyl (C=O) groups is 1. The summed E-state index contributed by atoms with van der Waals surface area (Å²) >= 11 is 0. The number of pyridine rings is 1. The molecule has 0 saturated heterocycles. The molecule has 0 spiro atoms. The normalized spacial score (nSPS) is 9.88. The molecule has 1 aromatic carbocycles. The van der Waals surface area contributed by atoms with Crippen LogP contribution in [0.25, 0.3) is 0 Å². The minimum Gasteiger partial charge on any atom is -0.508 e. The Morgan fingerprint density at radius 2 is 2.12 bits per heavy atom. The van der Waals surface area contributed by atoms with Crippen molar-refractivity contribution in [2.24, 2.45) is 0 Å². The van der Waals surface area contributed by atoms with Crippen LogP contribution >= 0.6 is 0 Å². The van der Waals surface area contributed by atoms with Crippen LogP contribution in [0, 0.1) is 0 Å². The fraction of sp³-hybridized carbons (Fsp3) is 0. The predicted octanol–water partition coefficient (Wildman–Crippen LogP) is 1.62. The molecule has 5 nitrogen and oxygen atoms in total. The Labute approximate surface area is 97.9 Å². The Kier molecular flexibility index (Phi) is 2.91. The molecule has 1 aromatic heterocycles. The standard InChI is InChI=1S/C12H11N3O2/c13-9-4-5-11(14-7-9)15-12(17)8-2-1-3-10(16)6-8/h1-7,16H,13H2,(H,14,15,17). The van der Waals surface area contributed by atoms with E-state index in [1.165, 1.54) is 18.3 Å². The van der Waals surface area contributed by atoms with Crippen molar-refractivity contribution in [3.8, 4) is 5.75 Å². The highest BCUT2D eigenvalue weighted by molar-refractivity contribution is 6.04. The molecule has 4 N–H and O–H groups in total. The van der Waals surface area contributed by atoms with E-state index in [1.807, 2.05) is 0 Å². The van der Waals surface area contributed by atoms with Crippen LogP contribution in [0.1, 0.15) is 10.4 Å². The van der Waals surface area contributed by atoms with Gasteiger partial charge in [-0.25, -0.2) is 4.98 Å². The second kappa shape index (κ2) is 4.52. The van der Waals surface area contributed by atoms with E-state index in [1.54, 1.807) is 24.3 Å². The minimum atomic E-state index is -0.335. The molecule has 0 aliphatic carbocycles. The number of aromatic hydroxyl groups is 1. The number of nitrogens with one attached hydrogen (secondary N) is 1. The molecule has 0 fully saturated rings. The Hall–Kier alpha value is -2.56. The number of rotatable bonds is 2. The molecule has 17 heavy (non-hydrogen) atoms. The summed E-state index contributed by atoms with van der Waals surface area (Å²) in [5.74, 6) is 0.119. The average molecular weight is 229 g/mol. The van der Waals surface area contributed by atoms with Crippen LogP contribution in [0.4, 0.5) is 11.5 Å². The van der Waals surface area contributed by atoms with E-state index < -0.39 is 0 Å². The first-order chi connectivity index (χ1) is 8.15. The number of benzene rings is 1. The number of nitrogens with zero attached hydrogens (tertiary/aromatic N) is 1. The van der Waals surface area contributed by atoms with Crippen molar-refractivity contribution in [2.75, 3.05) is 11.1 Å². The van der Waals surface area contributed by atoms with Gasteiger partial charge in [-0.2, -0.15) is 0 Å². The van der Waals surface area contributed by atoms with E-state index in [0.29, 0.717) is 17.1 Å². The Morgan fingerprint density at radius 3 is 2.76 bits per heavy atom. The fourth-order valence-electron chi connectivity index (χ4n) is 1.31. The summed E-state index contributed by atoms with van der Waals surface area (Å²) in [6.45, 7) is 0. The highest BCUT2D eigenvalue weighted by Gasteiger charge is 2.06. The monoisotopic (exact) mass is 229 g/mol. The van der Waals surface area contributed by atoms with Gasteiger partial charge in [-0.15, -0.1) is 0 Å². The molecular weight excluding hydrogens is 218 g/mol. The summed E-state index contributed by atoms with van der Waals surface area (Å²) in [6.07, 6.45) is 1.46. The van der Waals surface area contributed by atoms with Gasteiger partial charge in [-0.05, 0) is 30.3 Å². The van der Waals surface area contributed by atoms with Crippen LogP contribution in [-0.4, -0.2) is 16.0 Å². The molecule has 0 atom stereocenters.